The smallest absolute Gasteiger partial charge is 0.267 e. The summed E-state index contributed by atoms with van der Waals surface area (Å²) in [6.45, 7) is 4.04. The summed E-state index contributed by atoms with van der Waals surface area (Å²) in [6, 6.07) is 15.7. The third-order valence-corrected chi connectivity index (χ3v) is 8.19. The minimum Gasteiger partial charge on any atom is -0.272 e. The molecule has 35 heavy (non-hydrogen) atoms. The molecule has 0 aliphatic heterocycles. The molecule has 0 saturated heterocycles. The highest BCUT2D eigenvalue weighted by Crippen LogP contribution is 2.35. The zero-order chi connectivity index (χ0) is 24.4. The zero-order valence-corrected chi connectivity index (χ0v) is 21.3. The van der Waals surface area contributed by atoms with Crippen LogP contribution in [0.3, 0.4) is 0 Å². The second-order valence-electron chi connectivity index (χ2n) is 8.75. The second kappa shape index (κ2) is 10.2. The second-order valence-corrected chi connectivity index (χ2v) is 10.8. The van der Waals surface area contributed by atoms with E-state index in [0.29, 0.717) is 5.16 Å². The van der Waals surface area contributed by atoms with Crippen molar-refractivity contribution in [2.75, 3.05) is 5.75 Å². The molecule has 1 amide bonds. The van der Waals surface area contributed by atoms with Gasteiger partial charge in [0.2, 0.25) is 0 Å². The van der Waals surface area contributed by atoms with Crippen LogP contribution in [0, 0.1) is 13.8 Å². The molecule has 0 atom stereocenters. The molecule has 178 valence electrons. The monoisotopic (exact) mass is 502 g/mol. The minimum atomic E-state index is -0.256. The summed E-state index contributed by atoms with van der Waals surface area (Å²) < 4.78 is 1.65. The number of hydrazone groups is 1. The number of aromatic nitrogens is 2. The predicted octanol–water partition coefficient (Wildman–Crippen LogP) is 5.19. The fourth-order valence-electron chi connectivity index (χ4n) is 4.20. The molecule has 8 heteroatoms. The Morgan fingerprint density at radius 2 is 1.77 bits per heavy atom. The van der Waals surface area contributed by atoms with Crippen LogP contribution >= 0.6 is 23.1 Å². The first-order chi connectivity index (χ1) is 17.0. The highest BCUT2D eigenvalue weighted by molar-refractivity contribution is 7.99. The van der Waals surface area contributed by atoms with Crippen molar-refractivity contribution in [2.45, 2.75) is 44.7 Å². The summed E-state index contributed by atoms with van der Waals surface area (Å²) in [5.41, 5.74) is 7.62. The van der Waals surface area contributed by atoms with E-state index in [1.54, 1.807) is 22.1 Å². The molecule has 0 unspecified atom stereocenters. The van der Waals surface area contributed by atoms with Crippen LogP contribution in [0.4, 0.5) is 0 Å². The summed E-state index contributed by atoms with van der Waals surface area (Å²) in [6.07, 6.45) is 5.79. The van der Waals surface area contributed by atoms with Crippen LogP contribution in [0.2, 0.25) is 0 Å². The molecule has 1 N–H and O–H groups in total. The van der Waals surface area contributed by atoms with Gasteiger partial charge in [-0.25, -0.2) is 10.4 Å². The van der Waals surface area contributed by atoms with Gasteiger partial charge in [0.05, 0.1) is 23.0 Å². The van der Waals surface area contributed by atoms with E-state index in [0.717, 1.165) is 58.3 Å². The largest absolute Gasteiger partial charge is 0.272 e. The number of carbonyl (C=O) groups is 1. The number of thioether (sulfide) groups is 1. The number of nitrogens with zero attached hydrogens (tertiary/aromatic N) is 3. The maximum atomic E-state index is 13.8. The van der Waals surface area contributed by atoms with E-state index >= 15 is 0 Å². The van der Waals surface area contributed by atoms with E-state index in [4.69, 9.17) is 4.98 Å². The number of rotatable bonds is 6. The van der Waals surface area contributed by atoms with Crippen molar-refractivity contribution in [3.05, 3.63) is 86.0 Å². The topological polar surface area (TPSA) is 76.3 Å². The van der Waals surface area contributed by atoms with Gasteiger partial charge in [-0.15, -0.1) is 11.3 Å². The maximum Gasteiger partial charge on any atom is 0.267 e. The average molecular weight is 503 g/mol. The van der Waals surface area contributed by atoms with Crippen LogP contribution in [0.25, 0.3) is 15.9 Å². The van der Waals surface area contributed by atoms with Crippen molar-refractivity contribution >= 4 is 45.4 Å². The number of fused-ring (bicyclic) bond motifs is 3. The summed E-state index contributed by atoms with van der Waals surface area (Å²) in [5, 5.41) is 5.31. The molecule has 2 aromatic heterocycles. The molecular weight excluding hydrogens is 476 g/mol. The van der Waals surface area contributed by atoms with Gasteiger partial charge in [-0.05, 0) is 62.8 Å². The molecule has 1 aliphatic rings. The van der Waals surface area contributed by atoms with E-state index in [2.05, 4.69) is 10.5 Å². The highest BCUT2D eigenvalue weighted by Gasteiger charge is 2.23. The van der Waals surface area contributed by atoms with Gasteiger partial charge >= 0.3 is 0 Å². The SMILES string of the molecule is Cc1ccc(/C=N/NC(=O)CSc2nc3sc4c(c3c(=O)n2-c2ccc(C)cc2)CCCC4)cc1. The number of nitrogens with one attached hydrogen (secondary N) is 1. The van der Waals surface area contributed by atoms with E-state index in [1.165, 1.54) is 22.2 Å². The first kappa shape index (κ1) is 23.5. The van der Waals surface area contributed by atoms with Crippen molar-refractivity contribution in [3.63, 3.8) is 0 Å². The van der Waals surface area contributed by atoms with Gasteiger partial charge in [0.15, 0.2) is 5.16 Å². The molecule has 2 aromatic carbocycles. The van der Waals surface area contributed by atoms with Gasteiger partial charge < -0.3 is 0 Å². The lowest BCUT2D eigenvalue weighted by molar-refractivity contribution is -0.118. The molecule has 4 aromatic rings. The lowest BCUT2D eigenvalue weighted by atomic mass is 9.97. The molecule has 0 saturated carbocycles. The van der Waals surface area contributed by atoms with Crippen molar-refractivity contribution < 1.29 is 4.79 Å². The van der Waals surface area contributed by atoms with Crippen LogP contribution in [-0.2, 0) is 17.6 Å². The van der Waals surface area contributed by atoms with Crippen LogP contribution in [0.1, 0.15) is 40.0 Å². The van der Waals surface area contributed by atoms with E-state index in [9.17, 15) is 9.59 Å². The van der Waals surface area contributed by atoms with Gasteiger partial charge in [-0.1, -0.05) is 59.3 Å². The lowest BCUT2D eigenvalue weighted by Crippen LogP contribution is -2.24. The molecule has 0 bridgehead atoms. The lowest BCUT2D eigenvalue weighted by Gasteiger charge is -2.13. The van der Waals surface area contributed by atoms with Crippen molar-refractivity contribution in [1.29, 1.82) is 0 Å². The Hall–Kier alpha value is -3.23. The van der Waals surface area contributed by atoms with Crippen LogP contribution in [0.15, 0.2) is 63.6 Å². The Bertz CT molecular complexity index is 1470. The number of benzene rings is 2. The number of carbonyl (C=O) groups excluding carboxylic acids is 1. The fourth-order valence-corrected chi connectivity index (χ4v) is 6.31. The number of hydrogen-bond acceptors (Lipinski definition) is 6. The summed E-state index contributed by atoms with van der Waals surface area (Å²) in [5.74, 6) is -0.159. The molecule has 2 heterocycles. The van der Waals surface area contributed by atoms with Gasteiger partial charge in [-0.3, -0.25) is 14.2 Å². The molecule has 0 spiro atoms. The standard InChI is InChI=1S/C27H26N4O2S2/c1-17-7-11-19(12-8-17)15-28-30-23(32)16-34-27-29-25-24(21-5-3-4-6-22(21)35-25)26(33)31(27)20-13-9-18(2)10-14-20/h7-15H,3-6,16H2,1-2H3,(H,30,32)/b28-15+. The quantitative estimate of drug-likeness (QED) is 0.170. The number of thiophene rings is 1. The first-order valence-corrected chi connectivity index (χ1v) is 13.5. The Kier molecular flexibility index (Phi) is 6.83. The van der Waals surface area contributed by atoms with Gasteiger partial charge in [0.25, 0.3) is 11.5 Å². The molecule has 1 aliphatic carbocycles. The Labute approximate surface area is 212 Å². The normalized spacial score (nSPS) is 13.3. The Morgan fingerprint density at radius 1 is 1.09 bits per heavy atom. The molecule has 5 rings (SSSR count). The highest BCUT2D eigenvalue weighted by atomic mass is 32.2. The number of amides is 1. The van der Waals surface area contributed by atoms with Crippen LogP contribution in [0.5, 0.6) is 0 Å². The van der Waals surface area contributed by atoms with Crippen LogP contribution < -0.4 is 11.0 Å². The third-order valence-electron chi connectivity index (χ3n) is 6.06. The van der Waals surface area contributed by atoms with Crippen LogP contribution in [-0.4, -0.2) is 27.4 Å². The molecular formula is C27H26N4O2S2. The summed E-state index contributed by atoms with van der Waals surface area (Å²) in [7, 11) is 0. The number of hydrogen-bond donors (Lipinski definition) is 1. The fraction of sp³-hybridized carbons (Fsp3) is 0.259. The summed E-state index contributed by atoms with van der Waals surface area (Å²) in [4.78, 5) is 33.2. The molecule has 0 radical (unpaired) electrons. The van der Waals surface area contributed by atoms with E-state index < -0.39 is 0 Å². The van der Waals surface area contributed by atoms with Gasteiger partial charge in [0, 0.05) is 4.88 Å². The Morgan fingerprint density at radius 3 is 2.51 bits per heavy atom. The Balaban J connectivity index is 1.42. The zero-order valence-electron chi connectivity index (χ0n) is 19.7. The van der Waals surface area contributed by atoms with Gasteiger partial charge in [-0.2, -0.15) is 5.10 Å². The summed E-state index contributed by atoms with van der Waals surface area (Å²) >= 11 is 2.87. The minimum absolute atomic E-state index is 0.0569. The van der Waals surface area contributed by atoms with E-state index in [-0.39, 0.29) is 17.2 Å². The van der Waals surface area contributed by atoms with Crippen molar-refractivity contribution in [2.24, 2.45) is 5.10 Å². The van der Waals surface area contributed by atoms with E-state index in [1.807, 2.05) is 62.4 Å². The van der Waals surface area contributed by atoms with Crippen molar-refractivity contribution in [3.8, 4) is 5.69 Å². The molecule has 0 fully saturated rings. The molecule has 6 nitrogen and oxygen atoms in total. The first-order valence-electron chi connectivity index (χ1n) is 11.7. The third kappa shape index (κ3) is 5.09. The van der Waals surface area contributed by atoms with Gasteiger partial charge in [0.1, 0.15) is 4.83 Å². The maximum absolute atomic E-state index is 13.8. The average Bonchev–Trinajstić information content (AvgIpc) is 3.23. The predicted molar refractivity (Wildman–Crippen MR) is 144 cm³/mol. The van der Waals surface area contributed by atoms with Crippen molar-refractivity contribution in [1.82, 2.24) is 15.0 Å². The number of aryl methyl sites for hydroxylation is 4.